The van der Waals surface area contributed by atoms with Gasteiger partial charge in [0.2, 0.25) is 5.88 Å². The van der Waals surface area contributed by atoms with Gasteiger partial charge in [-0.15, -0.1) is 0 Å². The Hall–Kier alpha value is -2.08. The van der Waals surface area contributed by atoms with Crippen LogP contribution in [0.5, 0.6) is 5.88 Å². The third kappa shape index (κ3) is 3.47. The summed E-state index contributed by atoms with van der Waals surface area (Å²) in [6, 6.07) is 8.48. The van der Waals surface area contributed by atoms with Crippen molar-refractivity contribution in [1.29, 1.82) is 0 Å². The molecule has 1 amide bonds. The van der Waals surface area contributed by atoms with Crippen LogP contribution in [-0.2, 0) is 6.54 Å². The normalized spacial score (nSPS) is 14.1. The van der Waals surface area contributed by atoms with Crippen molar-refractivity contribution in [2.24, 2.45) is 0 Å². The molecular weight excluding hydrogens is 310 g/mol. The lowest BCUT2D eigenvalue weighted by Gasteiger charge is -2.20. The zero-order valence-electron chi connectivity index (χ0n) is 13.5. The SMILES string of the molecule is COc1nscc1C(=O)N(C)Cc1ccc(N2CCCC2)cc1. The number of aromatic nitrogens is 1. The predicted molar refractivity (Wildman–Crippen MR) is 92.4 cm³/mol. The lowest BCUT2D eigenvalue weighted by molar-refractivity contribution is 0.0782. The van der Waals surface area contributed by atoms with Gasteiger partial charge in [0, 0.05) is 37.7 Å². The van der Waals surface area contributed by atoms with Crippen molar-refractivity contribution in [1.82, 2.24) is 9.27 Å². The predicted octanol–water partition coefficient (Wildman–Crippen LogP) is 3.02. The van der Waals surface area contributed by atoms with E-state index in [0.29, 0.717) is 18.0 Å². The number of carbonyl (C=O) groups is 1. The summed E-state index contributed by atoms with van der Waals surface area (Å²) in [6.07, 6.45) is 2.55. The van der Waals surface area contributed by atoms with E-state index in [2.05, 4.69) is 33.5 Å². The zero-order chi connectivity index (χ0) is 16.2. The van der Waals surface area contributed by atoms with Crippen molar-refractivity contribution in [2.75, 3.05) is 32.1 Å². The molecule has 0 radical (unpaired) electrons. The van der Waals surface area contributed by atoms with Crippen LogP contribution in [0.25, 0.3) is 0 Å². The van der Waals surface area contributed by atoms with E-state index < -0.39 is 0 Å². The Balaban J connectivity index is 1.65. The van der Waals surface area contributed by atoms with Gasteiger partial charge in [0.15, 0.2) is 0 Å². The number of hydrogen-bond donors (Lipinski definition) is 0. The Morgan fingerprint density at radius 2 is 2.00 bits per heavy atom. The summed E-state index contributed by atoms with van der Waals surface area (Å²) in [6.45, 7) is 2.85. The van der Waals surface area contributed by atoms with E-state index in [1.54, 1.807) is 17.3 Å². The van der Waals surface area contributed by atoms with Crippen LogP contribution in [0.15, 0.2) is 29.6 Å². The van der Waals surface area contributed by atoms with Crippen LogP contribution in [0, 0.1) is 0 Å². The Labute approximate surface area is 140 Å². The lowest BCUT2D eigenvalue weighted by atomic mass is 10.1. The summed E-state index contributed by atoms with van der Waals surface area (Å²) in [7, 11) is 3.33. The summed E-state index contributed by atoms with van der Waals surface area (Å²) >= 11 is 1.23. The fourth-order valence-corrected chi connectivity index (χ4v) is 3.48. The van der Waals surface area contributed by atoms with Gasteiger partial charge in [-0.3, -0.25) is 4.79 Å². The Morgan fingerprint density at radius 1 is 1.30 bits per heavy atom. The van der Waals surface area contributed by atoms with Crippen LogP contribution in [0.4, 0.5) is 5.69 Å². The molecule has 1 fully saturated rings. The number of carbonyl (C=O) groups excluding carboxylic acids is 1. The number of benzene rings is 1. The minimum Gasteiger partial charge on any atom is -0.480 e. The fourth-order valence-electron chi connectivity index (χ4n) is 2.85. The highest BCUT2D eigenvalue weighted by Gasteiger charge is 2.19. The Morgan fingerprint density at radius 3 is 2.65 bits per heavy atom. The van der Waals surface area contributed by atoms with Gasteiger partial charge in [-0.1, -0.05) is 12.1 Å². The molecule has 5 nitrogen and oxygen atoms in total. The molecule has 0 aliphatic carbocycles. The average Bonchev–Trinajstić information content (AvgIpc) is 3.26. The first-order valence-electron chi connectivity index (χ1n) is 7.77. The molecule has 122 valence electrons. The third-order valence-electron chi connectivity index (χ3n) is 4.13. The van der Waals surface area contributed by atoms with E-state index >= 15 is 0 Å². The Kier molecular flexibility index (Phi) is 4.81. The lowest BCUT2D eigenvalue weighted by Crippen LogP contribution is -2.26. The van der Waals surface area contributed by atoms with Crippen LogP contribution in [0.2, 0.25) is 0 Å². The van der Waals surface area contributed by atoms with Gasteiger partial charge in [-0.2, -0.15) is 4.37 Å². The second-order valence-corrected chi connectivity index (χ2v) is 6.39. The first kappa shape index (κ1) is 15.8. The molecule has 2 aromatic rings. The van der Waals surface area contributed by atoms with E-state index in [0.717, 1.165) is 18.7 Å². The van der Waals surface area contributed by atoms with Crippen molar-refractivity contribution >= 4 is 23.1 Å². The molecule has 2 heterocycles. The highest BCUT2D eigenvalue weighted by atomic mass is 32.1. The minimum absolute atomic E-state index is 0.0702. The number of nitrogens with zero attached hydrogens (tertiary/aromatic N) is 3. The van der Waals surface area contributed by atoms with Crippen molar-refractivity contribution in [3.05, 3.63) is 40.8 Å². The topological polar surface area (TPSA) is 45.7 Å². The molecule has 1 aromatic carbocycles. The minimum atomic E-state index is -0.0702. The third-order valence-corrected chi connectivity index (χ3v) is 4.75. The summed E-state index contributed by atoms with van der Waals surface area (Å²) in [5, 5.41) is 1.73. The largest absolute Gasteiger partial charge is 0.480 e. The van der Waals surface area contributed by atoms with Crippen LogP contribution in [0.1, 0.15) is 28.8 Å². The number of anilines is 1. The van der Waals surface area contributed by atoms with Crippen molar-refractivity contribution < 1.29 is 9.53 Å². The number of rotatable bonds is 5. The standard InChI is InChI=1S/C17H21N3O2S/c1-19(17(21)15-12-23-18-16(15)22-2)11-13-5-7-14(8-6-13)20-9-3-4-10-20/h5-8,12H,3-4,9-11H2,1-2H3. The number of ether oxygens (including phenoxy) is 1. The highest BCUT2D eigenvalue weighted by Crippen LogP contribution is 2.23. The van der Waals surface area contributed by atoms with Crippen LogP contribution >= 0.6 is 11.5 Å². The van der Waals surface area contributed by atoms with E-state index in [-0.39, 0.29) is 5.91 Å². The molecule has 1 aliphatic rings. The maximum absolute atomic E-state index is 12.5. The monoisotopic (exact) mass is 331 g/mol. The molecule has 0 spiro atoms. The fraction of sp³-hybridized carbons (Fsp3) is 0.412. The first-order chi connectivity index (χ1) is 11.2. The molecule has 0 N–H and O–H groups in total. The molecule has 3 rings (SSSR count). The van der Waals surface area contributed by atoms with Crippen molar-refractivity contribution in [2.45, 2.75) is 19.4 Å². The van der Waals surface area contributed by atoms with E-state index in [9.17, 15) is 4.79 Å². The van der Waals surface area contributed by atoms with Gasteiger partial charge in [-0.05, 0) is 42.1 Å². The first-order valence-corrected chi connectivity index (χ1v) is 8.60. The number of amides is 1. The summed E-state index contributed by atoms with van der Waals surface area (Å²) in [4.78, 5) is 16.6. The second-order valence-electron chi connectivity index (χ2n) is 5.76. The molecule has 0 atom stereocenters. The molecule has 1 aromatic heterocycles. The van der Waals surface area contributed by atoms with E-state index in [1.807, 2.05) is 0 Å². The quantitative estimate of drug-likeness (QED) is 0.845. The van der Waals surface area contributed by atoms with Gasteiger partial charge < -0.3 is 14.5 Å². The van der Waals surface area contributed by atoms with Crippen LogP contribution in [0.3, 0.4) is 0 Å². The summed E-state index contributed by atoms with van der Waals surface area (Å²) in [5.74, 6) is 0.329. The summed E-state index contributed by atoms with van der Waals surface area (Å²) < 4.78 is 9.19. The van der Waals surface area contributed by atoms with Gasteiger partial charge in [0.05, 0.1) is 7.11 Å². The van der Waals surface area contributed by atoms with Gasteiger partial charge in [-0.25, -0.2) is 0 Å². The molecule has 0 unspecified atom stereocenters. The van der Waals surface area contributed by atoms with Crippen LogP contribution < -0.4 is 9.64 Å². The highest BCUT2D eigenvalue weighted by molar-refractivity contribution is 7.04. The van der Waals surface area contributed by atoms with Crippen molar-refractivity contribution in [3.63, 3.8) is 0 Å². The molecule has 23 heavy (non-hydrogen) atoms. The maximum Gasteiger partial charge on any atom is 0.260 e. The molecule has 0 bridgehead atoms. The second kappa shape index (κ2) is 7.00. The Bertz CT molecular complexity index is 663. The van der Waals surface area contributed by atoms with Gasteiger partial charge >= 0.3 is 0 Å². The number of hydrogen-bond acceptors (Lipinski definition) is 5. The molecular formula is C17H21N3O2S. The van der Waals surface area contributed by atoms with E-state index in [1.165, 1.54) is 37.2 Å². The molecule has 0 saturated carbocycles. The maximum atomic E-state index is 12.5. The zero-order valence-corrected chi connectivity index (χ0v) is 14.3. The van der Waals surface area contributed by atoms with E-state index in [4.69, 9.17) is 4.74 Å². The average molecular weight is 331 g/mol. The molecule has 1 aliphatic heterocycles. The van der Waals surface area contributed by atoms with Gasteiger partial charge in [0.1, 0.15) is 5.56 Å². The van der Waals surface area contributed by atoms with Gasteiger partial charge in [0.25, 0.3) is 5.91 Å². The molecule has 1 saturated heterocycles. The smallest absolute Gasteiger partial charge is 0.260 e. The van der Waals surface area contributed by atoms with Crippen LogP contribution in [-0.4, -0.2) is 42.4 Å². The molecule has 6 heteroatoms. The number of methoxy groups -OCH3 is 1. The van der Waals surface area contributed by atoms with Crippen molar-refractivity contribution in [3.8, 4) is 5.88 Å². The summed E-state index contributed by atoms with van der Waals surface area (Å²) in [5.41, 5.74) is 2.91.